The lowest BCUT2D eigenvalue weighted by Crippen LogP contribution is -2.18. The third-order valence-corrected chi connectivity index (χ3v) is 6.08. The molecule has 1 saturated carbocycles. The molecule has 3 rings (SSSR count). The lowest BCUT2D eigenvalue weighted by molar-refractivity contribution is 0.209. The second-order valence-electron chi connectivity index (χ2n) is 6.76. The molecular formula is C19H24N2O4S. The van der Waals surface area contributed by atoms with Gasteiger partial charge in [0.15, 0.2) is 0 Å². The fourth-order valence-corrected chi connectivity index (χ4v) is 4.19. The Bertz CT molecular complexity index is 898. The molecule has 1 aromatic heterocycles. The topological polar surface area (TPSA) is 77.4 Å². The number of aryl methyl sites for hydroxylation is 1. The van der Waals surface area contributed by atoms with Crippen molar-refractivity contribution in [2.24, 2.45) is 13.0 Å². The summed E-state index contributed by atoms with van der Waals surface area (Å²) in [5.41, 5.74) is 0.136. The van der Waals surface area contributed by atoms with E-state index in [1.165, 1.54) is 67.1 Å². The number of pyridine rings is 1. The van der Waals surface area contributed by atoms with E-state index in [1.807, 2.05) is 0 Å². The molecule has 26 heavy (non-hydrogen) atoms. The van der Waals surface area contributed by atoms with Gasteiger partial charge in [-0.15, -0.1) is 0 Å². The van der Waals surface area contributed by atoms with Crippen molar-refractivity contribution in [3.63, 3.8) is 0 Å². The number of anilines is 1. The van der Waals surface area contributed by atoms with Crippen molar-refractivity contribution in [2.45, 2.75) is 37.0 Å². The Labute approximate surface area is 153 Å². The summed E-state index contributed by atoms with van der Waals surface area (Å²) in [7, 11) is -2.15. The molecule has 140 valence electrons. The molecule has 0 saturated heterocycles. The van der Waals surface area contributed by atoms with Crippen LogP contribution in [0.2, 0.25) is 0 Å². The van der Waals surface area contributed by atoms with Crippen molar-refractivity contribution in [3.05, 3.63) is 52.9 Å². The van der Waals surface area contributed by atoms with E-state index in [1.54, 1.807) is 19.2 Å². The van der Waals surface area contributed by atoms with E-state index < -0.39 is 10.0 Å². The van der Waals surface area contributed by atoms with Crippen LogP contribution in [-0.2, 0) is 17.1 Å². The first-order valence-corrected chi connectivity index (χ1v) is 10.3. The number of hydrogen-bond acceptors (Lipinski definition) is 4. The molecule has 0 aliphatic heterocycles. The summed E-state index contributed by atoms with van der Waals surface area (Å²) in [6, 6.07) is 9.18. The number of benzene rings is 1. The molecule has 1 aromatic carbocycles. The number of sulfonamides is 1. The number of ether oxygens (including phenoxy) is 1. The van der Waals surface area contributed by atoms with Gasteiger partial charge in [-0.05, 0) is 49.1 Å². The van der Waals surface area contributed by atoms with Crippen LogP contribution in [0.25, 0.3) is 0 Å². The van der Waals surface area contributed by atoms with Gasteiger partial charge in [-0.25, -0.2) is 8.42 Å². The predicted octanol–water partition coefficient (Wildman–Crippen LogP) is 3.15. The zero-order valence-electron chi connectivity index (χ0n) is 14.8. The molecule has 0 amide bonds. The molecule has 0 atom stereocenters. The van der Waals surface area contributed by atoms with E-state index in [9.17, 15) is 13.2 Å². The molecule has 0 bridgehead atoms. The molecule has 1 heterocycles. The first-order chi connectivity index (χ1) is 12.4. The number of hydrogen-bond donors (Lipinski definition) is 1. The normalized spacial score (nSPS) is 15.6. The average Bonchev–Trinajstić information content (AvgIpc) is 2.64. The number of nitrogens with zero attached hydrogens (tertiary/aromatic N) is 1. The highest BCUT2D eigenvalue weighted by Gasteiger charge is 2.16. The first-order valence-electron chi connectivity index (χ1n) is 8.86. The number of rotatable bonds is 6. The Morgan fingerprint density at radius 1 is 1.08 bits per heavy atom. The molecule has 1 fully saturated rings. The molecule has 0 spiro atoms. The Balaban J connectivity index is 1.64. The van der Waals surface area contributed by atoms with E-state index in [0.29, 0.717) is 24.0 Å². The Kier molecular flexibility index (Phi) is 5.66. The van der Waals surface area contributed by atoms with Gasteiger partial charge >= 0.3 is 0 Å². The zero-order chi connectivity index (χ0) is 18.6. The van der Waals surface area contributed by atoms with Crippen LogP contribution in [-0.4, -0.2) is 19.6 Å². The number of nitrogens with one attached hydrogen (secondary N) is 1. The van der Waals surface area contributed by atoms with E-state index in [0.717, 1.165) is 0 Å². The van der Waals surface area contributed by atoms with Crippen molar-refractivity contribution < 1.29 is 13.2 Å². The summed E-state index contributed by atoms with van der Waals surface area (Å²) in [4.78, 5) is 11.5. The van der Waals surface area contributed by atoms with Crippen LogP contribution in [0.1, 0.15) is 32.1 Å². The third-order valence-electron chi connectivity index (χ3n) is 4.68. The van der Waals surface area contributed by atoms with Gasteiger partial charge in [0.1, 0.15) is 5.75 Å². The highest BCUT2D eigenvalue weighted by molar-refractivity contribution is 7.92. The minimum absolute atomic E-state index is 0.149. The second kappa shape index (κ2) is 7.95. The maximum atomic E-state index is 12.5. The van der Waals surface area contributed by atoms with Crippen molar-refractivity contribution in [2.75, 3.05) is 11.3 Å². The molecular weight excluding hydrogens is 352 g/mol. The summed E-state index contributed by atoms with van der Waals surface area (Å²) < 4.78 is 34.6. The van der Waals surface area contributed by atoms with Crippen molar-refractivity contribution in [3.8, 4) is 5.75 Å². The molecule has 0 radical (unpaired) electrons. The van der Waals surface area contributed by atoms with Crippen molar-refractivity contribution in [1.29, 1.82) is 0 Å². The molecule has 7 heteroatoms. The van der Waals surface area contributed by atoms with Gasteiger partial charge in [0.25, 0.3) is 10.0 Å². The SMILES string of the molecule is Cn1cc(NS(=O)(=O)c2ccc(OCC3CCCCC3)cc2)ccc1=O. The van der Waals surface area contributed by atoms with Crippen LogP contribution in [0.3, 0.4) is 0 Å². The van der Waals surface area contributed by atoms with Gasteiger partial charge in [0, 0.05) is 19.3 Å². The van der Waals surface area contributed by atoms with Crippen LogP contribution in [0, 0.1) is 5.92 Å². The minimum Gasteiger partial charge on any atom is -0.493 e. The Morgan fingerprint density at radius 3 is 2.42 bits per heavy atom. The van der Waals surface area contributed by atoms with Crippen LogP contribution < -0.4 is 15.0 Å². The standard InChI is InChI=1S/C19H24N2O4S/c1-21-13-16(7-12-19(21)22)20-26(23,24)18-10-8-17(9-11-18)25-14-15-5-3-2-4-6-15/h7-13,15,20H,2-6,14H2,1H3. The molecule has 1 aliphatic rings. The fourth-order valence-electron chi connectivity index (χ4n) is 3.15. The van der Waals surface area contributed by atoms with E-state index >= 15 is 0 Å². The van der Waals surface area contributed by atoms with E-state index in [2.05, 4.69) is 4.72 Å². The summed E-state index contributed by atoms with van der Waals surface area (Å²) >= 11 is 0. The van der Waals surface area contributed by atoms with Gasteiger partial charge in [-0.2, -0.15) is 0 Å². The highest BCUT2D eigenvalue weighted by atomic mass is 32.2. The summed E-state index contributed by atoms with van der Waals surface area (Å²) in [5.74, 6) is 1.27. The largest absolute Gasteiger partial charge is 0.493 e. The van der Waals surface area contributed by atoms with Gasteiger partial charge in [-0.3, -0.25) is 9.52 Å². The van der Waals surface area contributed by atoms with Gasteiger partial charge in [0.2, 0.25) is 5.56 Å². The molecule has 6 nitrogen and oxygen atoms in total. The van der Waals surface area contributed by atoms with Crippen LogP contribution in [0.5, 0.6) is 5.75 Å². The van der Waals surface area contributed by atoms with Gasteiger partial charge < -0.3 is 9.30 Å². The van der Waals surface area contributed by atoms with Gasteiger partial charge in [0.05, 0.1) is 17.2 Å². The smallest absolute Gasteiger partial charge is 0.261 e. The molecule has 0 unspecified atom stereocenters. The van der Waals surface area contributed by atoms with Gasteiger partial charge in [-0.1, -0.05) is 19.3 Å². The summed E-state index contributed by atoms with van der Waals surface area (Å²) in [6.45, 7) is 0.683. The summed E-state index contributed by atoms with van der Waals surface area (Å²) in [6.07, 6.45) is 7.70. The lowest BCUT2D eigenvalue weighted by Gasteiger charge is -2.21. The quantitative estimate of drug-likeness (QED) is 0.840. The second-order valence-corrected chi connectivity index (χ2v) is 8.44. The monoisotopic (exact) mass is 376 g/mol. The van der Waals surface area contributed by atoms with E-state index in [-0.39, 0.29) is 10.5 Å². The molecule has 1 aliphatic carbocycles. The Morgan fingerprint density at radius 2 is 1.77 bits per heavy atom. The van der Waals surface area contributed by atoms with Crippen molar-refractivity contribution >= 4 is 15.7 Å². The molecule has 2 aromatic rings. The maximum Gasteiger partial charge on any atom is 0.261 e. The Hall–Kier alpha value is -2.28. The fraction of sp³-hybridized carbons (Fsp3) is 0.421. The predicted molar refractivity (Wildman–Crippen MR) is 101 cm³/mol. The zero-order valence-corrected chi connectivity index (χ0v) is 15.7. The first kappa shape index (κ1) is 18.5. The molecule has 1 N–H and O–H groups in total. The van der Waals surface area contributed by atoms with E-state index in [4.69, 9.17) is 4.74 Å². The van der Waals surface area contributed by atoms with Crippen LogP contribution in [0.4, 0.5) is 5.69 Å². The van der Waals surface area contributed by atoms with Crippen LogP contribution in [0.15, 0.2) is 52.3 Å². The highest BCUT2D eigenvalue weighted by Crippen LogP contribution is 2.25. The van der Waals surface area contributed by atoms with Crippen LogP contribution >= 0.6 is 0 Å². The summed E-state index contributed by atoms with van der Waals surface area (Å²) in [5, 5.41) is 0. The van der Waals surface area contributed by atoms with Crippen molar-refractivity contribution in [1.82, 2.24) is 4.57 Å². The average molecular weight is 376 g/mol. The third kappa shape index (κ3) is 4.66. The maximum absolute atomic E-state index is 12.5. The minimum atomic E-state index is -3.72. The number of aromatic nitrogens is 1. The lowest BCUT2D eigenvalue weighted by atomic mass is 9.90.